The number of rotatable bonds is 1. The molecule has 0 aromatic heterocycles. The molecule has 0 aliphatic carbocycles. The number of fused-ring (bicyclic) bond motifs is 2. The number of carbonyl (C=O) groups is 3. The normalized spacial score (nSPS) is 25.9. The number of amides is 3. The number of halogens is 2. The number of piperazine rings is 2. The van der Waals surface area contributed by atoms with Crippen LogP contribution < -0.4 is 0 Å². The van der Waals surface area contributed by atoms with Crippen LogP contribution in [0.3, 0.4) is 0 Å². The van der Waals surface area contributed by atoms with Gasteiger partial charge >= 0.3 is 0 Å². The number of benzene rings is 1. The lowest BCUT2D eigenvalue weighted by atomic mass is 10.0. The molecule has 3 aliphatic rings. The standard InChI is InChI=1S/C17H17F2N3O3/c18-10-3-4-12(19)11(8-10)15(23)20-6-7-22-14(9-20)17(25)21-5-1-2-13(21)16(22)24/h3-4,8,13-14H,1-2,5-7,9H2/t13-,14-/m1/s1. The molecule has 25 heavy (non-hydrogen) atoms. The van der Waals surface area contributed by atoms with Crippen molar-refractivity contribution in [1.82, 2.24) is 14.7 Å². The summed E-state index contributed by atoms with van der Waals surface area (Å²) in [4.78, 5) is 42.2. The van der Waals surface area contributed by atoms with Crippen LogP contribution in [-0.4, -0.2) is 70.7 Å². The number of hydrogen-bond acceptors (Lipinski definition) is 3. The molecule has 8 heteroatoms. The topological polar surface area (TPSA) is 60.9 Å². The third-order valence-electron chi connectivity index (χ3n) is 5.22. The molecule has 4 rings (SSSR count). The van der Waals surface area contributed by atoms with Crippen molar-refractivity contribution in [2.75, 3.05) is 26.2 Å². The molecule has 3 saturated heterocycles. The minimum atomic E-state index is -0.806. The molecule has 2 atom stereocenters. The molecule has 0 spiro atoms. The Kier molecular flexibility index (Phi) is 3.70. The van der Waals surface area contributed by atoms with Gasteiger partial charge in [0.15, 0.2) is 0 Å². The van der Waals surface area contributed by atoms with E-state index in [4.69, 9.17) is 0 Å². The van der Waals surface area contributed by atoms with E-state index in [9.17, 15) is 23.2 Å². The zero-order chi connectivity index (χ0) is 17.7. The van der Waals surface area contributed by atoms with Gasteiger partial charge in [0, 0.05) is 19.6 Å². The number of carbonyl (C=O) groups excluding carboxylic acids is 3. The molecule has 3 heterocycles. The molecule has 3 amide bonds. The van der Waals surface area contributed by atoms with Gasteiger partial charge in [-0.2, -0.15) is 0 Å². The van der Waals surface area contributed by atoms with Gasteiger partial charge in [0.25, 0.3) is 5.91 Å². The zero-order valence-electron chi connectivity index (χ0n) is 13.5. The van der Waals surface area contributed by atoms with Gasteiger partial charge in [0.05, 0.1) is 12.1 Å². The van der Waals surface area contributed by atoms with Crippen molar-refractivity contribution in [3.05, 3.63) is 35.4 Å². The lowest BCUT2D eigenvalue weighted by molar-refractivity contribution is -0.162. The fourth-order valence-corrected chi connectivity index (χ4v) is 3.94. The fraction of sp³-hybridized carbons (Fsp3) is 0.471. The van der Waals surface area contributed by atoms with Crippen LogP contribution in [0.5, 0.6) is 0 Å². The van der Waals surface area contributed by atoms with Crippen molar-refractivity contribution in [2.45, 2.75) is 24.9 Å². The Hall–Kier alpha value is -2.51. The van der Waals surface area contributed by atoms with Gasteiger partial charge in [-0.05, 0) is 31.0 Å². The highest BCUT2D eigenvalue weighted by molar-refractivity contribution is 5.99. The highest BCUT2D eigenvalue weighted by Gasteiger charge is 2.50. The van der Waals surface area contributed by atoms with Crippen molar-refractivity contribution >= 4 is 17.7 Å². The van der Waals surface area contributed by atoms with E-state index in [1.165, 1.54) is 9.80 Å². The molecule has 0 saturated carbocycles. The van der Waals surface area contributed by atoms with Gasteiger partial charge in [-0.3, -0.25) is 14.4 Å². The minimum Gasteiger partial charge on any atom is -0.334 e. The van der Waals surface area contributed by atoms with Crippen molar-refractivity contribution < 1.29 is 23.2 Å². The Balaban J connectivity index is 1.57. The molecule has 0 bridgehead atoms. The first kappa shape index (κ1) is 16.0. The Morgan fingerprint density at radius 2 is 1.72 bits per heavy atom. The second kappa shape index (κ2) is 5.79. The summed E-state index contributed by atoms with van der Waals surface area (Å²) in [7, 11) is 0. The van der Waals surface area contributed by atoms with Crippen molar-refractivity contribution in [3.63, 3.8) is 0 Å². The van der Waals surface area contributed by atoms with Gasteiger partial charge in [-0.25, -0.2) is 8.78 Å². The maximum Gasteiger partial charge on any atom is 0.257 e. The Morgan fingerprint density at radius 1 is 1.00 bits per heavy atom. The third kappa shape index (κ3) is 2.47. The zero-order valence-corrected chi connectivity index (χ0v) is 13.5. The Bertz CT molecular complexity index is 770. The summed E-state index contributed by atoms with van der Waals surface area (Å²) in [6, 6.07) is 1.58. The second-order valence-electron chi connectivity index (χ2n) is 6.61. The second-order valence-corrected chi connectivity index (χ2v) is 6.61. The maximum absolute atomic E-state index is 13.9. The molecule has 6 nitrogen and oxygen atoms in total. The molecule has 0 unspecified atom stereocenters. The van der Waals surface area contributed by atoms with Crippen molar-refractivity contribution in [1.29, 1.82) is 0 Å². The van der Waals surface area contributed by atoms with E-state index in [2.05, 4.69) is 0 Å². The Morgan fingerprint density at radius 3 is 2.52 bits per heavy atom. The highest BCUT2D eigenvalue weighted by atomic mass is 19.1. The molecule has 1 aromatic rings. The monoisotopic (exact) mass is 349 g/mol. The van der Waals surface area contributed by atoms with Crippen molar-refractivity contribution in [3.8, 4) is 0 Å². The van der Waals surface area contributed by atoms with E-state index in [1.54, 1.807) is 4.90 Å². The first-order valence-corrected chi connectivity index (χ1v) is 8.32. The predicted octanol–water partition coefficient (Wildman–Crippen LogP) is 0.622. The van der Waals surface area contributed by atoms with Crippen LogP contribution in [0.15, 0.2) is 18.2 Å². The van der Waals surface area contributed by atoms with Gasteiger partial charge in [0.2, 0.25) is 11.8 Å². The first-order chi connectivity index (χ1) is 12.0. The Labute approximate surface area is 143 Å². The quantitative estimate of drug-likeness (QED) is 0.747. The molecular formula is C17H17F2N3O3. The largest absolute Gasteiger partial charge is 0.334 e. The average molecular weight is 349 g/mol. The van der Waals surface area contributed by atoms with E-state index < -0.39 is 23.6 Å². The van der Waals surface area contributed by atoms with Crippen LogP contribution in [-0.2, 0) is 9.59 Å². The lowest BCUT2D eigenvalue weighted by Crippen LogP contribution is -2.69. The first-order valence-electron chi connectivity index (χ1n) is 8.32. The van der Waals surface area contributed by atoms with E-state index in [1.807, 2.05) is 0 Å². The third-order valence-corrected chi connectivity index (χ3v) is 5.22. The smallest absolute Gasteiger partial charge is 0.257 e. The van der Waals surface area contributed by atoms with Crippen LogP contribution in [0.1, 0.15) is 23.2 Å². The van der Waals surface area contributed by atoms with Crippen LogP contribution in [0, 0.1) is 11.6 Å². The van der Waals surface area contributed by atoms with Crippen LogP contribution >= 0.6 is 0 Å². The summed E-state index contributed by atoms with van der Waals surface area (Å²) in [6.07, 6.45) is 1.46. The van der Waals surface area contributed by atoms with Crippen molar-refractivity contribution in [2.24, 2.45) is 0 Å². The summed E-state index contributed by atoms with van der Waals surface area (Å²) in [6.45, 7) is 0.966. The summed E-state index contributed by atoms with van der Waals surface area (Å²) in [5, 5.41) is 0. The van der Waals surface area contributed by atoms with Crippen LogP contribution in [0.25, 0.3) is 0 Å². The van der Waals surface area contributed by atoms with E-state index in [0.717, 1.165) is 24.6 Å². The van der Waals surface area contributed by atoms with Crippen LogP contribution in [0.2, 0.25) is 0 Å². The maximum atomic E-state index is 13.9. The van der Waals surface area contributed by atoms with E-state index in [-0.39, 0.29) is 43.1 Å². The predicted molar refractivity (Wildman–Crippen MR) is 82.5 cm³/mol. The molecule has 3 fully saturated rings. The molecule has 0 radical (unpaired) electrons. The lowest BCUT2D eigenvalue weighted by Gasteiger charge is -2.47. The molecule has 132 valence electrons. The van der Waals surface area contributed by atoms with Gasteiger partial charge in [0.1, 0.15) is 23.7 Å². The number of hydrogen-bond donors (Lipinski definition) is 0. The number of nitrogens with zero attached hydrogens (tertiary/aromatic N) is 3. The van der Waals surface area contributed by atoms with Gasteiger partial charge in [-0.1, -0.05) is 0 Å². The minimum absolute atomic E-state index is 0.00256. The SMILES string of the molecule is O=C(c1cc(F)ccc1F)N1CCN2C(=O)[C@H]3CCCN3C(=O)[C@H]2C1. The van der Waals surface area contributed by atoms with Gasteiger partial charge < -0.3 is 14.7 Å². The van der Waals surface area contributed by atoms with Gasteiger partial charge in [-0.15, -0.1) is 0 Å². The van der Waals surface area contributed by atoms with E-state index in [0.29, 0.717) is 13.0 Å². The molecule has 1 aromatic carbocycles. The summed E-state index contributed by atoms with van der Waals surface area (Å²) in [5.74, 6) is -2.42. The average Bonchev–Trinajstić information content (AvgIpc) is 3.11. The van der Waals surface area contributed by atoms with E-state index >= 15 is 0 Å². The summed E-state index contributed by atoms with van der Waals surface area (Å²) >= 11 is 0. The highest BCUT2D eigenvalue weighted by Crippen LogP contribution is 2.29. The summed E-state index contributed by atoms with van der Waals surface area (Å²) in [5.41, 5.74) is -0.359. The molecule has 0 N–H and O–H groups in total. The summed E-state index contributed by atoms with van der Waals surface area (Å²) < 4.78 is 27.2. The van der Waals surface area contributed by atoms with Crippen LogP contribution in [0.4, 0.5) is 8.78 Å². The molecular weight excluding hydrogens is 332 g/mol. The molecule has 3 aliphatic heterocycles. The fourth-order valence-electron chi connectivity index (χ4n) is 3.94.